The zero-order valence-electron chi connectivity index (χ0n) is 13.8. The minimum absolute atomic E-state index is 0.448. The van der Waals surface area contributed by atoms with E-state index in [9.17, 15) is 0 Å². The standard InChI is InChI=1S/C18H24N4/c1-6-10-19-16-11-17(21-14(5)20-16)22-18-13(4)8-7-9-15(18)12(2)3/h6-9,11-12H,1,10H2,2-5H3,(H2,19,20,21,22). The lowest BCUT2D eigenvalue weighted by Gasteiger charge is -2.17. The second-order valence-electron chi connectivity index (χ2n) is 5.67. The SMILES string of the molecule is C=CCNc1cc(Nc2c(C)cccc2C(C)C)nc(C)n1. The summed E-state index contributed by atoms with van der Waals surface area (Å²) in [5.74, 6) is 2.78. The molecule has 0 atom stereocenters. The van der Waals surface area contributed by atoms with Crippen LogP contribution in [0.2, 0.25) is 0 Å². The first-order valence-electron chi connectivity index (χ1n) is 7.58. The summed E-state index contributed by atoms with van der Waals surface area (Å²) in [6.45, 7) is 12.8. The summed E-state index contributed by atoms with van der Waals surface area (Å²) < 4.78 is 0. The quantitative estimate of drug-likeness (QED) is 0.767. The van der Waals surface area contributed by atoms with Crippen molar-refractivity contribution in [2.24, 2.45) is 0 Å². The van der Waals surface area contributed by atoms with Crippen LogP contribution in [0.25, 0.3) is 0 Å². The lowest BCUT2D eigenvalue weighted by atomic mass is 9.98. The fourth-order valence-corrected chi connectivity index (χ4v) is 2.37. The minimum atomic E-state index is 0.448. The van der Waals surface area contributed by atoms with E-state index >= 15 is 0 Å². The van der Waals surface area contributed by atoms with Crippen molar-refractivity contribution in [1.82, 2.24) is 9.97 Å². The number of benzene rings is 1. The Bertz CT molecular complexity index is 662. The minimum Gasteiger partial charge on any atom is -0.366 e. The monoisotopic (exact) mass is 296 g/mol. The summed E-state index contributed by atoms with van der Waals surface area (Å²) in [6.07, 6.45) is 1.81. The zero-order valence-corrected chi connectivity index (χ0v) is 13.8. The van der Waals surface area contributed by atoms with Crippen molar-refractivity contribution in [3.63, 3.8) is 0 Å². The number of para-hydroxylation sites is 1. The van der Waals surface area contributed by atoms with Gasteiger partial charge in [-0.3, -0.25) is 0 Å². The molecule has 0 fully saturated rings. The van der Waals surface area contributed by atoms with E-state index in [1.54, 1.807) is 0 Å². The molecule has 2 N–H and O–H groups in total. The molecule has 1 aromatic heterocycles. The van der Waals surface area contributed by atoms with Gasteiger partial charge in [0.05, 0.1) is 0 Å². The Morgan fingerprint density at radius 2 is 1.91 bits per heavy atom. The molecule has 116 valence electrons. The van der Waals surface area contributed by atoms with Gasteiger partial charge in [-0.05, 0) is 30.9 Å². The van der Waals surface area contributed by atoms with E-state index < -0.39 is 0 Å². The highest BCUT2D eigenvalue weighted by Gasteiger charge is 2.10. The third-order valence-electron chi connectivity index (χ3n) is 3.45. The number of nitrogens with zero attached hydrogens (tertiary/aromatic N) is 2. The van der Waals surface area contributed by atoms with Crippen molar-refractivity contribution >= 4 is 17.3 Å². The van der Waals surface area contributed by atoms with Gasteiger partial charge in [-0.2, -0.15) is 0 Å². The summed E-state index contributed by atoms with van der Waals surface area (Å²) in [4.78, 5) is 8.87. The van der Waals surface area contributed by atoms with Gasteiger partial charge < -0.3 is 10.6 Å². The molecule has 2 rings (SSSR count). The number of hydrogen-bond donors (Lipinski definition) is 2. The van der Waals surface area contributed by atoms with Crippen LogP contribution in [0.5, 0.6) is 0 Å². The first-order chi connectivity index (χ1) is 10.5. The Morgan fingerprint density at radius 1 is 1.18 bits per heavy atom. The maximum Gasteiger partial charge on any atom is 0.136 e. The molecular formula is C18H24N4. The van der Waals surface area contributed by atoms with Crippen molar-refractivity contribution in [3.8, 4) is 0 Å². The largest absolute Gasteiger partial charge is 0.366 e. The van der Waals surface area contributed by atoms with E-state index in [-0.39, 0.29) is 0 Å². The van der Waals surface area contributed by atoms with Crippen LogP contribution in [0.4, 0.5) is 17.3 Å². The molecule has 0 aliphatic heterocycles. The van der Waals surface area contributed by atoms with Gasteiger partial charge in [0.15, 0.2) is 0 Å². The van der Waals surface area contributed by atoms with Crippen LogP contribution in [0.3, 0.4) is 0 Å². The average Bonchev–Trinajstić information content (AvgIpc) is 2.46. The van der Waals surface area contributed by atoms with Gasteiger partial charge in [0.1, 0.15) is 17.5 Å². The predicted molar refractivity (Wildman–Crippen MR) is 94.0 cm³/mol. The maximum atomic E-state index is 4.49. The third-order valence-corrected chi connectivity index (χ3v) is 3.45. The number of hydrogen-bond acceptors (Lipinski definition) is 4. The number of aryl methyl sites for hydroxylation is 2. The van der Waals surface area contributed by atoms with Crippen molar-refractivity contribution in [3.05, 3.63) is 53.9 Å². The van der Waals surface area contributed by atoms with E-state index in [0.29, 0.717) is 12.5 Å². The summed E-state index contributed by atoms with van der Waals surface area (Å²) in [7, 11) is 0. The highest BCUT2D eigenvalue weighted by molar-refractivity contribution is 5.67. The topological polar surface area (TPSA) is 49.8 Å². The molecule has 22 heavy (non-hydrogen) atoms. The highest BCUT2D eigenvalue weighted by atomic mass is 15.1. The van der Waals surface area contributed by atoms with Gasteiger partial charge in [-0.25, -0.2) is 9.97 Å². The second-order valence-corrected chi connectivity index (χ2v) is 5.67. The summed E-state index contributed by atoms with van der Waals surface area (Å²) in [5.41, 5.74) is 3.63. The van der Waals surface area contributed by atoms with Crippen LogP contribution in [0, 0.1) is 13.8 Å². The summed E-state index contributed by atoms with van der Waals surface area (Å²) >= 11 is 0. The molecule has 0 bridgehead atoms. The summed E-state index contributed by atoms with van der Waals surface area (Å²) in [5, 5.41) is 6.67. The molecule has 0 unspecified atom stereocenters. The number of nitrogens with one attached hydrogen (secondary N) is 2. The molecular weight excluding hydrogens is 272 g/mol. The Hall–Kier alpha value is -2.36. The molecule has 0 aliphatic rings. The van der Waals surface area contributed by atoms with E-state index in [4.69, 9.17) is 0 Å². The van der Waals surface area contributed by atoms with Crippen LogP contribution >= 0.6 is 0 Å². The Morgan fingerprint density at radius 3 is 2.59 bits per heavy atom. The molecule has 4 nitrogen and oxygen atoms in total. The zero-order chi connectivity index (χ0) is 16.1. The fourth-order valence-electron chi connectivity index (χ4n) is 2.37. The summed E-state index contributed by atoms with van der Waals surface area (Å²) in [6, 6.07) is 8.29. The molecule has 2 aromatic rings. The van der Waals surface area contributed by atoms with Crippen molar-refractivity contribution in [1.29, 1.82) is 0 Å². The van der Waals surface area contributed by atoms with E-state index in [1.807, 2.05) is 19.1 Å². The van der Waals surface area contributed by atoms with Gasteiger partial charge in [0.2, 0.25) is 0 Å². The lowest BCUT2D eigenvalue weighted by molar-refractivity contribution is 0.867. The number of rotatable bonds is 6. The second kappa shape index (κ2) is 7.07. The molecule has 0 radical (unpaired) electrons. The van der Waals surface area contributed by atoms with Gasteiger partial charge in [0.25, 0.3) is 0 Å². The smallest absolute Gasteiger partial charge is 0.136 e. The Balaban J connectivity index is 2.35. The molecule has 1 heterocycles. The predicted octanol–water partition coefficient (Wildman–Crippen LogP) is 4.56. The van der Waals surface area contributed by atoms with Crippen molar-refractivity contribution < 1.29 is 0 Å². The number of anilines is 3. The first-order valence-corrected chi connectivity index (χ1v) is 7.58. The third kappa shape index (κ3) is 3.85. The van der Waals surface area contributed by atoms with Crippen LogP contribution in [0.15, 0.2) is 36.9 Å². The molecule has 0 amide bonds. The highest BCUT2D eigenvalue weighted by Crippen LogP contribution is 2.30. The van der Waals surface area contributed by atoms with Crippen LogP contribution < -0.4 is 10.6 Å². The van der Waals surface area contributed by atoms with Gasteiger partial charge >= 0.3 is 0 Å². The van der Waals surface area contributed by atoms with Crippen LogP contribution in [-0.4, -0.2) is 16.5 Å². The Labute approximate surface area is 132 Å². The molecule has 0 saturated carbocycles. The van der Waals surface area contributed by atoms with E-state index in [0.717, 1.165) is 23.1 Å². The lowest BCUT2D eigenvalue weighted by Crippen LogP contribution is -2.06. The Kier molecular flexibility index (Phi) is 5.15. The average molecular weight is 296 g/mol. The van der Waals surface area contributed by atoms with Gasteiger partial charge in [-0.15, -0.1) is 6.58 Å². The maximum absolute atomic E-state index is 4.49. The van der Waals surface area contributed by atoms with Gasteiger partial charge in [0, 0.05) is 18.3 Å². The van der Waals surface area contributed by atoms with Crippen LogP contribution in [-0.2, 0) is 0 Å². The molecule has 0 spiro atoms. The van der Waals surface area contributed by atoms with Crippen molar-refractivity contribution in [2.75, 3.05) is 17.2 Å². The molecule has 0 saturated heterocycles. The van der Waals surface area contributed by atoms with E-state index in [2.05, 4.69) is 66.2 Å². The molecule has 4 heteroatoms. The fraction of sp³-hybridized carbons (Fsp3) is 0.333. The number of aromatic nitrogens is 2. The van der Waals surface area contributed by atoms with Crippen LogP contribution in [0.1, 0.15) is 36.7 Å². The van der Waals surface area contributed by atoms with E-state index in [1.165, 1.54) is 11.1 Å². The normalized spacial score (nSPS) is 10.6. The first kappa shape index (κ1) is 16.0. The molecule has 1 aromatic carbocycles. The molecule has 0 aliphatic carbocycles. The van der Waals surface area contributed by atoms with Gasteiger partial charge in [-0.1, -0.05) is 38.1 Å². The van der Waals surface area contributed by atoms with Crippen molar-refractivity contribution in [2.45, 2.75) is 33.6 Å².